The molecule has 2 N–H and O–H groups in total. The summed E-state index contributed by atoms with van der Waals surface area (Å²) in [6.07, 6.45) is 1.10. The van der Waals surface area contributed by atoms with Crippen LogP contribution in [-0.4, -0.2) is 77.0 Å². The minimum absolute atomic E-state index is 0.0423. The highest BCUT2D eigenvalue weighted by Crippen LogP contribution is 2.16. The molecule has 1 heterocycles. The third kappa shape index (κ3) is 5.48. The van der Waals surface area contributed by atoms with E-state index in [2.05, 4.69) is 0 Å². The van der Waals surface area contributed by atoms with E-state index in [4.69, 9.17) is 9.88 Å². The standard InChI is InChI=1S/C15H21N3O7S2/c1-11-3-4-12(9-13(11)27(16,23)24)15(20)25-10-14(19)17-5-7-18(8-6-17)26(2,21)22/h3-4,9H,5-8,10H2,1-2H3,(H2,16,23,24). The number of hydrogen-bond donors (Lipinski definition) is 1. The van der Waals surface area contributed by atoms with Crippen molar-refractivity contribution in [2.45, 2.75) is 11.8 Å². The summed E-state index contributed by atoms with van der Waals surface area (Å²) in [5, 5.41) is 5.10. The van der Waals surface area contributed by atoms with Crippen LogP contribution in [-0.2, 0) is 29.6 Å². The van der Waals surface area contributed by atoms with E-state index < -0.39 is 38.5 Å². The Kier molecular flexibility index (Phi) is 6.24. The number of carbonyl (C=O) groups is 2. The second kappa shape index (κ2) is 7.92. The van der Waals surface area contributed by atoms with E-state index in [1.165, 1.54) is 28.3 Å². The molecule has 0 aliphatic carbocycles. The van der Waals surface area contributed by atoms with Gasteiger partial charge in [-0.2, -0.15) is 4.31 Å². The number of carbonyl (C=O) groups excluding carboxylic acids is 2. The zero-order valence-corrected chi connectivity index (χ0v) is 16.5. The van der Waals surface area contributed by atoms with Crippen molar-refractivity contribution >= 4 is 31.9 Å². The number of ether oxygens (including phenoxy) is 1. The van der Waals surface area contributed by atoms with Crippen molar-refractivity contribution in [3.05, 3.63) is 29.3 Å². The molecule has 150 valence electrons. The first-order valence-electron chi connectivity index (χ1n) is 7.93. The highest BCUT2D eigenvalue weighted by Gasteiger charge is 2.26. The van der Waals surface area contributed by atoms with E-state index >= 15 is 0 Å². The van der Waals surface area contributed by atoms with Gasteiger partial charge in [0.1, 0.15) is 0 Å². The van der Waals surface area contributed by atoms with Crippen molar-refractivity contribution in [2.75, 3.05) is 39.0 Å². The Bertz CT molecular complexity index is 950. The first-order valence-corrected chi connectivity index (χ1v) is 11.3. The Morgan fingerprint density at radius 1 is 1.11 bits per heavy atom. The first kappa shape index (κ1) is 21.3. The van der Waals surface area contributed by atoms with Gasteiger partial charge in [-0.05, 0) is 24.6 Å². The predicted molar refractivity (Wildman–Crippen MR) is 95.8 cm³/mol. The largest absolute Gasteiger partial charge is 0.452 e. The Hall–Kier alpha value is -2.02. The summed E-state index contributed by atoms with van der Waals surface area (Å²) in [7, 11) is -7.30. The summed E-state index contributed by atoms with van der Waals surface area (Å²) in [5.74, 6) is -1.32. The number of amides is 1. The second-order valence-corrected chi connectivity index (χ2v) is 9.66. The molecule has 1 fully saturated rings. The molecule has 0 bridgehead atoms. The van der Waals surface area contributed by atoms with Crippen molar-refractivity contribution in [2.24, 2.45) is 5.14 Å². The van der Waals surface area contributed by atoms with E-state index in [-0.39, 0.29) is 36.6 Å². The summed E-state index contributed by atoms with van der Waals surface area (Å²) in [4.78, 5) is 25.4. The number of primary sulfonamides is 1. The van der Waals surface area contributed by atoms with E-state index in [1.54, 1.807) is 0 Å². The van der Waals surface area contributed by atoms with Crippen LogP contribution in [0.15, 0.2) is 23.1 Å². The van der Waals surface area contributed by atoms with Gasteiger partial charge >= 0.3 is 5.97 Å². The Morgan fingerprint density at radius 2 is 1.70 bits per heavy atom. The fraction of sp³-hybridized carbons (Fsp3) is 0.467. The normalized spacial score (nSPS) is 16.2. The van der Waals surface area contributed by atoms with Crippen LogP contribution >= 0.6 is 0 Å². The van der Waals surface area contributed by atoms with Gasteiger partial charge in [-0.15, -0.1) is 0 Å². The monoisotopic (exact) mass is 419 g/mol. The van der Waals surface area contributed by atoms with Crippen LogP contribution in [0.1, 0.15) is 15.9 Å². The van der Waals surface area contributed by atoms with Gasteiger partial charge in [0.2, 0.25) is 20.0 Å². The van der Waals surface area contributed by atoms with Gasteiger partial charge in [0.25, 0.3) is 5.91 Å². The topological polar surface area (TPSA) is 144 Å². The van der Waals surface area contributed by atoms with Crippen molar-refractivity contribution in [3.63, 3.8) is 0 Å². The lowest BCUT2D eigenvalue weighted by Gasteiger charge is -2.33. The van der Waals surface area contributed by atoms with Crippen LogP contribution in [0.3, 0.4) is 0 Å². The maximum absolute atomic E-state index is 12.1. The fourth-order valence-electron chi connectivity index (χ4n) is 2.60. The lowest BCUT2D eigenvalue weighted by molar-refractivity contribution is -0.135. The molecule has 0 spiro atoms. The molecule has 1 aromatic rings. The summed E-state index contributed by atoms with van der Waals surface area (Å²) in [5.41, 5.74) is 0.341. The third-order valence-corrected chi connectivity index (χ3v) is 6.47. The first-order chi connectivity index (χ1) is 12.4. The maximum atomic E-state index is 12.1. The van der Waals surface area contributed by atoms with Gasteiger partial charge in [-0.25, -0.2) is 26.8 Å². The highest BCUT2D eigenvalue weighted by atomic mass is 32.2. The molecule has 1 aliphatic rings. The quantitative estimate of drug-likeness (QED) is 0.597. The number of hydrogen-bond acceptors (Lipinski definition) is 7. The molecule has 0 aromatic heterocycles. The lowest BCUT2D eigenvalue weighted by atomic mass is 10.1. The van der Waals surface area contributed by atoms with Crippen LogP contribution in [0.4, 0.5) is 0 Å². The molecule has 1 amide bonds. The molecular weight excluding hydrogens is 398 g/mol. The number of esters is 1. The summed E-state index contributed by atoms with van der Waals surface area (Å²) >= 11 is 0. The smallest absolute Gasteiger partial charge is 0.338 e. The van der Waals surface area contributed by atoms with Crippen molar-refractivity contribution < 1.29 is 31.2 Å². The van der Waals surface area contributed by atoms with Gasteiger partial charge in [0.15, 0.2) is 6.61 Å². The van der Waals surface area contributed by atoms with Gasteiger partial charge in [0, 0.05) is 26.2 Å². The lowest BCUT2D eigenvalue weighted by Crippen LogP contribution is -2.51. The molecular formula is C15H21N3O7S2. The molecule has 0 atom stereocenters. The van der Waals surface area contributed by atoms with E-state index in [1.807, 2.05) is 0 Å². The molecule has 10 nitrogen and oxygen atoms in total. The van der Waals surface area contributed by atoms with Crippen LogP contribution in [0, 0.1) is 6.92 Å². The molecule has 12 heteroatoms. The average molecular weight is 419 g/mol. The Morgan fingerprint density at radius 3 is 2.22 bits per heavy atom. The summed E-state index contributed by atoms with van der Waals surface area (Å²) < 4.78 is 52.2. The number of nitrogens with zero attached hydrogens (tertiary/aromatic N) is 2. The van der Waals surface area contributed by atoms with Crippen LogP contribution in [0.5, 0.6) is 0 Å². The molecule has 1 aliphatic heterocycles. The van der Waals surface area contributed by atoms with Gasteiger partial charge in [-0.3, -0.25) is 4.79 Å². The Labute approximate surface area is 158 Å². The van der Waals surface area contributed by atoms with Crippen molar-refractivity contribution in [3.8, 4) is 0 Å². The number of nitrogens with two attached hydrogens (primary N) is 1. The Balaban J connectivity index is 1.95. The molecule has 0 radical (unpaired) electrons. The van der Waals surface area contributed by atoms with Gasteiger partial charge in [-0.1, -0.05) is 6.07 Å². The van der Waals surface area contributed by atoms with Gasteiger partial charge in [0.05, 0.1) is 16.7 Å². The number of piperazine rings is 1. The van der Waals surface area contributed by atoms with E-state index in [0.717, 1.165) is 12.3 Å². The van der Waals surface area contributed by atoms with E-state index in [9.17, 15) is 26.4 Å². The summed E-state index contributed by atoms with van der Waals surface area (Å²) in [6.45, 7) is 1.75. The van der Waals surface area contributed by atoms with Gasteiger partial charge < -0.3 is 9.64 Å². The molecule has 0 unspecified atom stereocenters. The molecule has 1 aromatic carbocycles. The van der Waals surface area contributed by atoms with Crippen LogP contribution in [0.2, 0.25) is 0 Å². The average Bonchev–Trinajstić information content (AvgIpc) is 2.58. The van der Waals surface area contributed by atoms with Crippen molar-refractivity contribution in [1.82, 2.24) is 9.21 Å². The second-order valence-electron chi connectivity index (χ2n) is 6.14. The number of sulfonamides is 2. The third-order valence-electron chi connectivity index (χ3n) is 4.12. The number of aryl methyl sites for hydroxylation is 1. The number of benzene rings is 1. The van der Waals surface area contributed by atoms with Crippen molar-refractivity contribution in [1.29, 1.82) is 0 Å². The summed E-state index contributed by atoms with van der Waals surface area (Å²) in [6, 6.07) is 3.90. The molecule has 27 heavy (non-hydrogen) atoms. The molecule has 0 saturated carbocycles. The van der Waals surface area contributed by atoms with Crippen LogP contribution in [0.25, 0.3) is 0 Å². The minimum Gasteiger partial charge on any atom is -0.452 e. The number of rotatable bonds is 5. The maximum Gasteiger partial charge on any atom is 0.338 e. The highest BCUT2D eigenvalue weighted by molar-refractivity contribution is 7.89. The fourth-order valence-corrected chi connectivity index (χ4v) is 4.24. The minimum atomic E-state index is -3.99. The SMILES string of the molecule is Cc1ccc(C(=O)OCC(=O)N2CCN(S(C)(=O)=O)CC2)cc1S(N)(=O)=O. The molecule has 1 saturated heterocycles. The zero-order valence-electron chi connectivity index (χ0n) is 14.9. The zero-order chi connectivity index (χ0) is 20.4. The predicted octanol–water partition coefficient (Wildman–Crippen LogP) is -1.10. The van der Waals surface area contributed by atoms with Crippen LogP contribution < -0.4 is 5.14 Å². The molecule has 2 rings (SSSR count). The van der Waals surface area contributed by atoms with E-state index in [0.29, 0.717) is 5.56 Å².